The smallest absolute Gasteiger partial charge is 0.267 e. The van der Waals surface area contributed by atoms with Gasteiger partial charge in [-0.15, -0.1) is 11.3 Å². The standard InChI is InChI=1S/C14H10ClN3O2S/c1-20-8-6-11(21-7-8)14(19)18-13-12(15)16-9-4-2-3-5-10(9)17-13/h2-7H,1H3,(H,17,18,19). The molecule has 0 atom stereocenters. The van der Waals surface area contributed by atoms with Crippen LogP contribution in [0, 0.1) is 0 Å². The number of carbonyl (C=O) groups is 1. The minimum absolute atomic E-state index is 0.158. The Morgan fingerprint density at radius 2 is 2.00 bits per heavy atom. The van der Waals surface area contributed by atoms with Crippen LogP contribution in [0.25, 0.3) is 11.0 Å². The molecule has 0 saturated carbocycles. The Morgan fingerprint density at radius 3 is 2.67 bits per heavy atom. The molecular weight excluding hydrogens is 310 g/mol. The quantitative estimate of drug-likeness (QED) is 0.801. The fourth-order valence-electron chi connectivity index (χ4n) is 1.77. The van der Waals surface area contributed by atoms with Crippen molar-refractivity contribution in [1.29, 1.82) is 0 Å². The van der Waals surface area contributed by atoms with Gasteiger partial charge in [-0.1, -0.05) is 23.7 Å². The molecule has 3 aromatic rings. The molecule has 1 aromatic carbocycles. The van der Waals surface area contributed by atoms with E-state index in [1.807, 2.05) is 24.3 Å². The van der Waals surface area contributed by atoms with Crippen molar-refractivity contribution in [3.63, 3.8) is 0 Å². The van der Waals surface area contributed by atoms with Crippen LogP contribution in [0.3, 0.4) is 0 Å². The van der Waals surface area contributed by atoms with E-state index in [4.69, 9.17) is 16.3 Å². The van der Waals surface area contributed by atoms with Crippen molar-refractivity contribution in [1.82, 2.24) is 9.97 Å². The summed E-state index contributed by atoms with van der Waals surface area (Å²) in [6.07, 6.45) is 0. The first-order valence-corrected chi connectivity index (χ1v) is 7.29. The Labute approximate surface area is 129 Å². The highest BCUT2D eigenvalue weighted by molar-refractivity contribution is 7.12. The Morgan fingerprint density at radius 1 is 1.29 bits per heavy atom. The molecule has 1 N–H and O–H groups in total. The number of anilines is 1. The van der Waals surface area contributed by atoms with E-state index in [1.165, 1.54) is 11.3 Å². The number of aromatic nitrogens is 2. The maximum atomic E-state index is 12.1. The average molecular weight is 320 g/mol. The number of ether oxygens (including phenoxy) is 1. The lowest BCUT2D eigenvalue weighted by molar-refractivity contribution is 0.103. The Kier molecular flexibility index (Phi) is 3.72. The van der Waals surface area contributed by atoms with Crippen molar-refractivity contribution >= 4 is 45.7 Å². The second kappa shape index (κ2) is 5.67. The van der Waals surface area contributed by atoms with Crippen LogP contribution in [0.5, 0.6) is 5.75 Å². The molecule has 0 aliphatic carbocycles. The summed E-state index contributed by atoms with van der Waals surface area (Å²) in [5, 5.41) is 4.58. The number of nitrogens with zero attached hydrogens (tertiary/aromatic N) is 2. The number of carbonyl (C=O) groups excluding carboxylic acids is 1. The van der Waals surface area contributed by atoms with E-state index in [-0.39, 0.29) is 16.9 Å². The molecule has 7 heteroatoms. The van der Waals surface area contributed by atoms with Gasteiger partial charge in [0.15, 0.2) is 11.0 Å². The molecule has 21 heavy (non-hydrogen) atoms. The molecule has 5 nitrogen and oxygen atoms in total. The molecule has 3 rings (SSSR count). The van der Waals surface area contributed by atoms with Crippen molar-refractivity contribution < 1.29 is 9.53 Å². The third-order valence-electron chi connectivity index (χ3n) is 2.79. The summed E-state index contributed by atoms with van der Waals surface area (Å²) in [7, 11) is 1.55. The summed E-state index contributed by atoms with van der Waals surface area (Å²) in [6.45, 7) is 0. The summed E-state index contributed by atoms with van der Waals surface area (Å²) >= 11 is 7.34. The second-order valence-electron chi connectivity index (χ2n) is 4.16. The predicted molar refractivity (Wildman–Crippen MR) is 83.4 cm³/mol. The summed E-state index contributed by atoms with van der Waals surface area (Å²) < 4.78 is 5.05. The molecule has 0 fully saturated rings. The first-order valence-electron chi connectivity index (χ1n) is 6.03. The third kappa shape index (κ3) is 2.81. The molecule has 0 bridgehead atoms. The Balaban J connectivity index is 1.90. The van der Waals surface area contributed by atoms with Crippen molar-refractivity contribution in [2.24, 2.45) is 0 Å². The van der Waals surface area contributed by atoms with Gasteiger partial charge in [0.2, 0.25) is 0 Å². The van der Waals surface area contributed by atoms with E-state index in [1.54, 1.807) is 18.6 Å². The van der Waals surface area contributed by atoms with Crippen LogP contribution in [0.1, 0.15) is 9.67 Å². The van der Waals surface area contributed by atoms with Crippen LogP contribution >= 0.6 is 22.9 Å². The third-order valence-corrected chi connectivity index (χ3v) is 3.97. The largest absolute Gasteiger partial charge is 0.496 e. The van der Waals surface area contributed by atoms with Crippen molar-refractivity contribution in [3.05, 3.63) is 45.7 Å². The van der Waals surface area contributed by atoms with Gasteiger partial charge in [-0.25, -0.2) is 9.97 Å². The number of hydrogen-bond donors (Lipinski definition) is 1. The van der Waals surface area contributed by atoms with Crippen LogP contribution in [0.4, 0.5) is 5.82 Å². The van der Waals surface area contributed by atoms with Gasteiger partial charge in [-0.05, 0) is 12.1 Å². The number of para-hydroxylation sites is 2. The van der Waals surface area contributed by atoms with E-state index in [0.717, 1.165) is 0 Å². The molecule has 106 valence electrons. The number of rotatable bonds is 3. The summed E-state index contributed by atoms with van der Waals surface area (Å²) in [5.74, 6) is 0.586. The molecule has 0 unspecified atom stereocenters. The maximum absolute atomic E-state index is 12.1. The maximum Gasteiger partial charge on any atom is 0.267 e. The molecule has 0 radical (unpaired) electrons. The topological polar surface area (TPSA) is 64.1 Å². The second-order valence-corrected chi connectivity index (χ2v) is 5.43. The number of nitrogens with one attached hydrogen (secondary N) is 1. The highest BCUT2D eigenvalue weighted by Gasteiger charge is 2.14. The SMILES string of the molecule is COc1csc(C(=O)Nc2nc3ccccc3nc2Cl)c1. The molecule has 0 aliphatic rings. The van der Waals surface area contributed by atoms with Gasteiger partial charge in [-0.3, -0.25) is 4.79 Å². The van der Waals surface area contributed by atoms with Gasteiger partial charge in [0, 0.05) is 11.4 Å². The molecular formula is C14H10ClN3O2S. The summed E-state index contributed by atoms with van der Waals surface area (Å²) in [5.41, 5.74) is 1.35. The highest BCUT2D eigenvalue weighted by Crippen LogP contribution is 2.24. The highest BCUT2D eigenvalue weighted by atomic mass is 35.5. The lowest BCUT2D eigenvalue weighted by Gasteiger charge is -2.06. The van der Waals surface area contributed by atoms with Crippen LogP contribution in [0.15, 0.2) is 35.7 Å². The van der Waals surface area contributed by atoms with E-state index in [9.17, 15) is 4.79 Å². The molecule has 1 amide bonds. The minimum atomic E-state index is -0.296. The van der Waals surface area contributed by atoms with Crippen LogP contribution in [-0.2, 0) is 0 Å². The van der Waals surface area contributed by atoms with E-state index >= 15 is 0 Å². The monoisotopic (exact) mass is 319 g/mol. The fourth-order valence-corrected chi connectivity index (χ4v) is 2.70. The van der Waals surface area contributed by atoms with Gasteiger partial charge in [0.05, 0.1) is 23.0 Å². The van der Waals surface area contributed by atoms with Gasteiger partial charge in [0.25, 0.3) is 5.91 Å². The fraction of sp³-hybridized carbons (Fsp3) is 0.0714. The van der Waals surface area contributed by atoms with E-state index in [2.05, 4.69) is 15.3 Å². The van der Waals surface area contributed by atoms with E-state index in [0.29, 0.717) is 21.7 Å². The summed E-state index contributed by atoms with van der Waals surface area (Å²) in [4.78, 5) is 21.2. The zero-order valence-electron chi connectivity index (χ0n) is 11.0. The Bertz CT molecular complexity index is 819. The van der Waals surface area contributed by atoms with Gasteiger partial charge in [0.1, 0.15) is 5.75 Å². The van der Waals surface area contributed by atoms with Crippen molar-refractivity contribution in [2.75, 3.05) is 12.4 Å². The number of halogens is 1. The zero-order valence-corrected chi connectivity index (χ0v) is 12.5. The minimum Gasteiger partial charge on any atom is -0.496 e. The molecule has 2 heterocycles. The van der Waals surface area contributed by atoms with Crippen LogP contribution in [-0.4, -0.2) is 23.0 Å². The van der Waals surface area contributed by atoms with Crippen LogP contribution in [0.2, 0.25) is 5.15 Å². The Hall–Kier alpha value is -2.18. The van der Waals surface area contributed by atoms with Gasteiger partial charge >= 0.3 is 0 Å². The predicted octanol–water partition coefficient (Wildman–Crippen LogP) is 3.61. The molecule has 0 aliphatic heterocycles. The van der Waals surface area contributed by atoms with Crippen molar-refractivity contribution in [3.8, 4) is 5.75 Å². The van der Waals surface area contributed by atoms with E-state index < -0.39 is 0 Å². The van der Waals surface area contributed by atoms with Gasteiger partial charge in [-0.2, -0.15) is 0 Å². The van der Waals surface area contributed by atoms with Crippen LogP contribution < -0.4 is 10.1 Å². The molecule has 2 aromatic heterocycles. The number of benzene rings is 1. The molecule has 0 spiro atoms. The number of fused-ring (bicyclic) bond motifs is 1. The number of methoxy groups -OCH3 is 1. The number of amides is 1. The number of thiophene rings is 1. The zero-order chi connectivity index (χ0) is 14.8. The first-order chi connectivity index (χ1) is 10.2. The molecule has 0 saturated heterocycles. The average Bonchev–Trinajstić information content (AvgIpc) is 2.97. The lowest BCUT2D eigenvalue weighted by Crippen LogP contribution is -2.12. The number of hydrogen-bond acceptors (Lipinski definition) is 5. The van der Waals surface area contributed by atoms with Gasteiger partial charge < -0.3 is 10.1 Å². The summed E-state index contributed by atoms with van der Waals surface area (Å²) in [6, 6.07) is 8.97. The van der Waals surface area contributed by atoms with Crippen molar-refractivity contribution in [2.45, 2.75) is 0 Å². The normalized spacial score (nSPS) is 10.6. The first kappa shape index (κ1) is 13.8. The lowest BCUT2D eigenvalue weighted by atomic mass is 10.3.